The Morgan fingerprint density at radius 3 is 3.00 bits per heavy atom. The van der Waals surface area contributed by atoms with Crippen molar-refractivity contribution < 1.29 is 4.74 Å². The zero-order valence-electron chi connectivity index (χ0n) is 8.87. The average molecular weight is 192 g/mol. The van der Waals surface area contributed by atoms with Gasteiger partial charge in [-0.1, -0.05) is 19.9 Å². The van der Waals surface area contributed by atoms with E-state index in [1.165, 1.54) is 0 Å². The van der Waals surface area contributed by atoms with Gasteiger partial charge in [0.05, 0.1) is 0 Å². The fraction of sp³-hybridized carbons (Fsp3) is 0.364. The van der Waals surface area contributed by atoms with Crippen LogP contribution in [0.1, 0.15) is 26.3 Å². The van der Waals surface area contributed by atoms with Crippen molar-refractivity contribution in [2.75, 3.05) is 0 Å². The first-order valence-corrected chi connectivity index (χ1v) is 4.88. The molecule has 76 valence electrons. The monoisotopic (exact) mass is 192 g/mol. The molecular weight excluding hydrogens is 176 g/mol. The molecule has 0 bridgehead atoms. The Morgan fingerprint density at radius 1 is 1.43 bits per heavy atom. The third kappa shape index (κ3) is 2.49. The molecule has 3 heteroatoms. The minimum absolute atomic E-state index is 0.705. The normalized spacial score (nSPS) is 13.2. The maximum Gasteiger partial charge on any atom is 0.223 e. The van der Waals surface area contributed by atoms with Crippen LogP contribution in [-0.2, 0) is 6.54 Å². The molecule has 0 atom stereocenters. The van der Waals surface area contributed by atoms with E-state index in [0.717, 1.165) is 17.9 Å². The van der Waals surface area contributed by atoms with Gasteiger partial charge in [-0.05, 0) is 13.0 Å². The summed E-state index contributed by atoms with van der Waals surface area (Å²) in [5, 5.41) is 3.13. The standard InChI is InChI=1S/C9H10N2O.C2H6/c1-7-5-10-6-8-3-2-4-11-9(8)12-7;1-2/h2-5,10H,6H2,1H3;1-2H3. The molecule has 0 unspecified atom stereocenters. The van der Waals surface area contributed by atoms with Crippen molar-refractivity contribution in [3.63, 3.8) is 0 Å². The van der Waals surface area contributed by atoms with Crippen molar-refractivity contribution in [2.45, 2.75) is 27.3 Å². The van der Waals surface area contributed by atoms with Gasteiger partial charge in [-0.2, -0.15) is 0 Å². The highest BCUT2D eigenvalue weighted by atomic mass is 16.5. The van der Waals surface area contributed by atoms with Gasteiger partial charge in [0.15, 0.2) is 0 Å². The average Bonchev–Trinajstić information content (AvgIpc) is 2.41. The summed E-state index contributed by atoms with van der Waals surface area (Å²) in [6.07, 6.45) is 3.58. The topological polar surface area (TPSA) is 34.2 Å². The molecule has 0 aromatic carbocycles. The molecule has 14 heavy (non-hydrogen) atoms. The zero-order chi connectivity index (χ0) is 10.4. The molecule has 1 aromatic rings. The number of hydrogen-bond donors (Lipinski definition) is 1. The zero-order valence-corrected chi connectivity index (χ0v) is 8.87. The minimum Gasteiger partial charge on any atom is -0.442 e. The van der Waals surface area contributed by atoms with E-state index in [9.17, 15) is 0 Å². The Bertz CT molecular complexity index is 321. The van der Waals surface area contributed by atoms with Crippen LogP contribution < -0.4 is 10.1 Å². The van der Waals surface area contributed by atoms with Crippen molar-refractivity contribution in [3.05, 3.63) is 35.9 Å². The summed E-state index contributed by atoms with van der Waals surface area (Å²) in [6.45, 7) is 6.68. The van der Waals surface area contributed by atoms with E-state index in [0.29, 0.717) is 5.88 Å². The number of rotatable bonds is 0. The van der Waals surface area contributed by atoms with Gasteiger partial charge in [0, 0.05) is 24.5 Å². The van der Waals surface area contributed by atoms with E-state index >= 15 is 0 Å². The lowest BCUT2D eigenvalue weighted by Gasteiger charge is -2.03. The van der Waals surface area contributed by atoms with Crippen LogP contribution in [0.15, 0.2) is 30.3 Å². The van der Waals surface area contributed by atoms with E-state index in [2.05, 4.69) is 10.3 Å². The summed E-state index contributed by atoms with van der Waals surface area (Å²) < 4.78 is 5.44. The number of ether oxygens (including phenoxy) is 1. The maximum absolute atomic E-state index is 5.44. The predicted molar refractivity (Wildman–Crippen MR) is 56.8 cm³/mol. The van der Waals surface area contributed by atoms with Crippen LogP contribution in [0.2, 0.25) is 0 Å². The molecule has 0 amide bonds. The Balaban J connectivity index is 0.000000461. The van der Waals surface area contributed by atoms with Crippen molar-refractivity contribution in [3.8, 4) is 5.88 Å². The Hall–Kier alpha value is -1.51. The van der Waals surface area contributed by atoms with E-state index in [1.54, 1.807) is 6.20 Å². The summed E-state index contributed by atoms with van der Waals surface area (Å²) in [6, 6.07) is 3.91. The van der Waals surface area contributed by atoms with Gasteiger partial charge in [-0.25, -0.2) is 4.98 Å². The molecular formula is C11H16N2O. The fourth-order valence-electron chi connectivity index (χ4n) is 1.14. The largest absolute Gasteiger partial charge is 0.442 e. The fourth-order valence-corrected chi connectivity index (χ4v) is 1.14. The minimum atomic E-state index is 0.705. The molecule has 0 saturated heterocycles. The molecule has 3 nitrogen and oxygen atoms in total. The van der Waals surface area contributed by atoms with Gasteiger partial charge in [0.1, 0.15) is 5.76 Å². The molecule has 1 N–H and O–H groups in total. The maximum atomic E-state index is 5.44. The molecule has 0 spiro atoms. The van der Waals surface area contributed by atoms with Crippen LogP contribution in [-0.4, -0.2) is 4.98 Å². The molecule has 1 aliphatic heterocycles. The highest BCUT2D eigenvalue weighted by Gasteiger charge is 2.07. The Kier molecular flexibility index (Phi) is 3.98. The van der Waals surface area contributed by atoms with Crippen LogP contribution in [0.5, 0.6) is 5.88 Å². The Labute approximate surface area is 84.8 Å². The first-order chi connectivity index (χ1) is 6.86. The molecule has 0 aliphatic carbocycles. The third-order valence-corrected chi connectivity index (χ3v) is 1.71. The quantitative estimate of drug-likeness (QED) is 0.685. The van der Waals surface area contributed by atoms with Gasteiger partial charge in [0.25, 0.3) is 0 Å². The lowest BCUT2D eigenvalue weighted by atomic mass is 10.3. The van der Waals surface area contributed by atoms with Crippen LogP contribution in [0.4, 0.5) is 0 Å². The second-order valence-corrected chi connectivity index (χ2v) is 2.71. The van der Waals surface area contributed by atoms with E-state index in [1.807, 2.05) is 39.1 Å². The summed E-state index contributed by atoms with van der Waals surface area (Å²) >= 11 is 0. The number of hydrogen-bond acceptors (Lipinski definition) is 3. The lowest BCUT2D eigenvalue weighted by Crippen LogP contribution is -2.02. The predicted octanol–water partition coefficient (Wildman–Crippen LogP) is 2.45. The number of pyridine rings is 1. The second-order valence-electron chi connectivity index (χ2n) is 2.71. The molecule has 0 fully saturated rings. The van der Waals surface area contributed by atoms with Gasteiger partial charge >= 0.3 is 0 Å². The highest BCUT2D eigenvalue weighted by Crippen LogP contribution is 2.18. The number of fused-ring (bicyclic) bond motifs is 1. The summed E-state index contributed by atoms with van der Waals surface area (Å²) in [7, 11) is 0. The van der Waals surface area contributed by atoms with Crippen molar-refractivity contribution in [2.24, 2.45) is 0 Å². The van der Waals surface area contributed by atoms with E-state index < -0.39 is 0 Å². The lowest BCUT2D eigenvalue weighted by molar-refractivity contribution is 0.409. The van der Waals surface area contributed by atoms with Crippen LogP contribution in [0, 0.1) is 0 Å². The third-order valence-electron chi connectivity index (χ3n) is 1.71. The summed E-state index contributed by atoms with van der Waals surface area (Å²) in [5.41, 5.74) is 1.09. The summed E-state index contributed by atoms with van der Waals surface area (Å²) in [5.74, 6) is 1.55. The molecule has 2 heterocycles. The van der Waals surface area contributed by atoms with E-state index in [4.69, 9.17) is 4.74 Å². The highest BCUT2D eigenvalue weighted by molar-refractivity contribution is 5.28. The van der Waals surface area contributed by atoms with Crippen LogP contribution in [0.25, 0.3) is 0 Å². The van der Waals surface area contributed by atoms with Crippen molar-refractivity contribution in [1.29, 1.82) is 0 Å². The Morgan fingerprint density at radius 2 is 2.21 bits per heavy atom. The van der Waals surface area contributed by atoms with Crippen molar-refractivity contribution in [1.82, 2.24) is 10.3 Å². The molecule has 2 rings (SSSR count). The first-order valence-electron chi connectivity index (χ1n) is 4.88. The van der Waals surface area contributed by atoms with Crippen molar-refractivity contribution >= 4 is 0 Å². The van der Waals surface area contributed by atoms with Gasteiger partial charge < -0.3 is 10.1 Å². The SMILES string of the molecule is CC.CC1=CNCc2cccnc2O1. The first kappa shape index (κ1) is 10.6. The van der Waals surface area contributed by atoms with E-state index in [-0.39, 0.29) is 0 Å². The number of allylic oxidation sites excluding steroid dienone is 1. The number of aromatic nitrogens is 1. The van der Waals surface area contributed by atoms with Gasteiger partial charge in [0.2, 0.25) is 5.88 Å². The van der Waals surface area contributed by atoms with Crippen LogP contribution in [0.3, 0.4) is 0 Å². The van der Waals surface area contributed by atoms with Gasteiger partial charge in [-0.15, -0.1) is 0 Å². The number of nitrogens with one attached hydrogen (secondary N) is 1. The van der Waals surface area contributed by atoms with Crippen LogP contribution >= 0.6 is 0 Å². The second kappa shape index (κ2) is 5.27. The molecule has 1 aliphatic rings. The molecule has 1 aromatic heterocycles. The molecule has 0 saturated carbocycles. The summed E-state index contributed by atoms with van der Waals surface area (Å²) in [4.78, 5) is 4.13. The van der Waals surface area contributed by atoms with Gasteiger partial charge in [-0.3, -0.25) is 0 Å². The number of nitrogens with zero attached hydrogens (tertiary/aromatic N) is 1. The smallest absolute Gasteiger partial charge is 0.223 e. The molecule has 0 radical (unpaired) electrons.